The number of hydrazine groups is 1. The van der Waals surface area contributed by atoms with Crippen LogP contribution in [0.4, 0.5) is 0 Å². The van der Waals surface area contributed by atoms with Crippen molar-refractivity contribution >= 4 is 17.2 Å². The van der Waals surface area contributed by atoms with Crippen LogP contribution in [-0.4, -0.2) is 15.5 Å². The number of nitrogens with one attached hydrogen (secondary N) is 2. The molecule has 2 aromatic rings. The lowest BCUT2D eigenvalue weighted by Crippen LogP contribution is -2.31. The van der Waals surface area contributed by atoms with Gasteiger partial charge in [0.2, 0.25) is 0 Å². The Morgan fingerprint density at radius 2 is 2.47 bits per heavy atom. The van der Waals surface area contributed by atoms with Gasteiger partial charge in [-0.1, -0.05) is 0 Å². The number of carbonyl (C=O) groups excluding carboxylic acids is 1. The van der Waals surface area contributed by atoms with Crippen LogP contribution in [-0.2, 0) is 13.1 Å². The molecule has 0 fully saturated rings. The molecule has 1 aliphatic rings. The molecule has 1 aliphatic heterocycles. The maximum absolute atomic E-state index is 11.6. The summed E-state index contributed by atoms with van der Waals surface area (Å²) >= 11 is 1.69. The van der Waals surface area contributed by atoms with Crippen LogP contribution in [0.15, 0.2) is 17.8 Å². The lowest BCUT2D eigenvalue weighted by atomic mass is 10.3. The summed E-state index contributed by atoms with van der Waals surface area (Å²) in [5, 5.41) is 5.31. The number of nitrogens with two attached hydrogens (primary N) is 1. The summed E-state index contributed by atoms with van der Waals surface area (Å²) in [6, 6.07) is 2.03. The molecule has 0 aromatic carbocycles. The van der Waals surface area contributed by atoms with Crippen molar-refractivity contribution < 1.29 is 4.79 Å². The Balaban J connectivity index is 2.16. The topological polar surface area (TPSA) is 85.0 Å². The van der Waals surface area contributed by atoms with Crippen molar-refractivity contribution in [2.75, 3.05) is 0 Å². The number of thiophene rings is 1. The monoisotopic (exact) mass is 249 g/mol. The molecule has 88 valence electrons. The van der Waals surface area contributed by atoms with Crippen LogP contribution >= 0.6 is 11.3 Å². The number of imidazole rings is 1. The minimum absolute atomic E-state index is 0.362. The van der Waals surface area contributed by atoms with Crippen molar-refractivity contribution in [1.82, 2.24) is 20.3 Å². The summed E-state index contributed by atoms with van der Waals surface area (Å²) in [7, 11) is 0. The number of nitrogen functional groups attached to an aromatic ring is 1. The van der Waals surface area contributed by atoms with Gasteiger partial charge in [-0.2, -0.15) is 0 Å². The van der Waals surface area contributed by atoms with Crippen molar-refractivity contribution in [3.8, 4) is 5.69 Å². The highest BCUT2D eigenvalue weighted by molar-refractivity contribution is 7.10. The molecule has 3 rings (SSSR count). The average molecular weight is 249 g/mol. The van der Waals surface area contributed by atoms with Crippen LogP contribution in [0.3, 0.4) is 0 Å². The third-order valence-corrected chi connectivity index (χ3v) is 3.68. The maximum Gasteiger partial charge on any atom is 0.285 e. The highest BCUT2D eigenvalue weighted by atomic mass is 32.1. The second-order valence-corrected chi connectivity index (χ2v) is 4.72. The van der Waals surface area contributed by atoms with Gasteiger partial charge in [0.15, 0.2) is 5.69 Å². The number of amides is 1. The summed E-state index contributed by atoms with van der Waals surface area (Å²) in [6.07, 6.45) is 1.67. The van der Waals surface area contributed by atoms with Crippen molar-refractivity contribution in [2.45, 2.75) is 13.1 Å². The minimum Gasteiger partial charge on any atom is -0.306 e. The largest absolute Gasteiger partial charge is 0.306 e. The minimum atomic E-state index is -0.362. The van der Waals surface area contributed by atoms with Gasteiger partial charge in [0, 0.05) is 18.0 Å². The number of rotatable bonds is 1. The molecule has 0 aliphatic carbocycles. The van der Waals surface area contributed by atoms with Crippen molar-refractivity contribution in [3.05, 3.63) is 34.0 Å². The molecule has 0 radical (unpaired) electrons. The van der Waals surface area contributed by atoms with Crippen LogP contribution in [0, 0.1) is 0 Å². The van der Waals surface area contributed by atoms with E-state index in [-0.39, 0.29) is 5.91 Å². The predicted molar refractivity (Wildman–Crippen MR) is 63.6 cm³/mol. The van der Waals surface area contributed by atoms with Gasteiger partial charge >= 0.3 is 0 Å². The average Bonchev–Trinajstić information content (AvgIpc) is 2.92. The highest BCUT2D eigenvalue weighted by Gasteiger charge is 2.21. The van der Waals surface area contributed by atoms with E-state index in [1.807, 2.05) is 16.0 Å². The number of hydrogen-bond donors (Lipinski definition) is 3. The summed E-state index contributed by atoms with van der Waals surface area (Å²) < 4.78 is 1.94. The highest BCUT2D eigenvalue weighted by Crippen LogP contribution is 2.26. The van der Waals surface area contributed by atoms with Gasteiger partial charge in [0.25, 0.3) is 5.91 Å². The fourth-order valence-corrected chi connectivity index (χ4v) is 2.82. The Kier molecular flexibility index (Phi) is 2.43. The van der Waals surface area contributed by atoms with Gasteiger partial charge in [-0.15, -0.1) is 11.3 Å². The molecule has 0 spiro atoms. The number of hydrogen-bond acceptors (Lipinski definition) is 5. The molecule has 3 heterocycles. The summed E-state index contributed by atoms with van der Waals surface area (Å²) in [4.78, 5) is 16.9. The molecule has 2 aromatic heterocycles. The van der Waals surface area contributed by atoms with Crippen LogP contribution < -0.4 is 16.6 Å². The van der Waals surface area contributed by atoms with Crippen molar-refractivity contribution in [3.63, 3.8) is 0 Å². The van der Waals surface area contributed by atoms with E-state index in [2.05, 4.69) is 15.7 Å². The predicted octanol–water partition coefficient (Wildman–Crippen LogP) is 0.140. The van der Waals surface area contributed by atoms with Crippen LogP contribution in [0.25, 0.3) is 5.69 Å². The third kappa shape index (κ3) is 1.55. The lowest BCUT2D eigenvalue weighted by molar-refractivity contribution is 0.0948. The molecule has 0 unspecified atom stereocenters. The van der Waals surface area contributed by atoms with E-state index in [1.54, 1.807) is 17.7 Å². The van der Waals surface area contributed by atoms with E-state index in [4.69, 9.17) is 5.84 Å². The smallest absolute Gasteiger partial charge is 0.285 e. The molecule has 1 amide bonds. The fourth-order valence-electron chi connectivity index (χ4n) is 1.98. The molecule has 17 heavy (non-hydrogen) atoms. The van der Waals surface area contributed by atoms with Gasteiger partial charge in [0.05, 0.1) is 11.4 Å². The Bertz CT molecular complexity index is 573. The summed E-state index contributed by atoms with van der Waals surface area (Å²) in [5.74, 6) is 4.78. The third-order valence-electron chi connectivity index (χ3n) is 2.77. The van der Waals surface area contributed by atoms with Gasteiger partial charge in [-0.3, -0.25) is 14.8 Å². The molecule has 4 N–H and O–H groups in total. The maximum atomic E-state index is 11.6. The van der Waals surface area contributed by atoms with E-state index < -0.39 is 0 Å². The first-order valence-corrected chi connectivity index (χ1v) is 6.04. The quantitative estimate of drug-likeness (QED) is 0.381. The molecular formula is C10H11N5OS. The first kappa shape index (κ1) is 10.5. The van der Waals surface area contributed by atoms with E-state index in [0.717, 1.165) is 17.9 Å². The zero-order valence-electron chi connectivity index (χ0n) is 8.93. The summed E-state index contributed by atoms with van der Waals surface area (Å²) in [6.45, 7) is 1.41. The molecule has 0 saturated heterocycles. The van der Waals surface area contributed by atoms with Gasteiger partial charge in [-0.05, 0) is 11.4 Å². The standard InChI is InChI=1S/C10H11N5OS/c11-14-10(16)9-7-3-12-4-8-6(1-2-17-8)15(7)5-13-9/h1-2,5,12H,3-4,11H2,(H,14,16). The molecule has 7 heteroatoms. The Labute approximate surface area is 101 Å². The van der Waals surface area contributed by atoms with E-state index in [9.17, 15) is 4.79 Å². The second kappa shape index (κ2) is 3.95. The summed E-state index contributed by atoms with van der Waals surface area (Å²) in [5.41, 5.74) is 4.41. The van der Waals surface area contributed by atoms with E-state index >= 15 is 0 Å². The SMILES string of the molecule is NNC(=O)c1ncn2c1CNCc1sccc1-2. The van der Waals surface area contributed by atoms with E-state index in [0.29, 0.717) is 12.2 Å². The van der Waals surface area contributed by atoms with Crippen LogP contribution in [0.1, 0.15) is 21.1 Å². The lowest BCUT2D eigenvalue weighted by Gasteiger charge is -2.04. The second-order valence-electron chi connectivity index (χ2n) is 3.72. The van der Waals surface area contributed by atoms with Gasteiger partial charge in [0.1, 0.15) is 6.33 Å². The zero-order chi connectivity index (χ0) is 11.8. The van der Waals surface area contributed by atoms with Crippen molar-refractivity contribution in [2.24, 2.45) is 5.84 Å². The van der Waals surface area contributed by atoms with E-state index in [1.165, 1.54) is 4.88 Å². The molecule has 0 atom stereocenters. The Hall–Kier alpha value is -1.70. The molecular weight excluding hydrogens is 238 g/mol. The molecule has 6 nitrogen and oxygen atoms in total. The van der Waals surface area contributed by atoms with Gasteiger partial charge < -0.3 is 5.32 Å². The van der Waals surface area contributed by atoms with Crippen molar-refractivity contribution in [1.29, 1.82) is 0 Å². The van der Waals surface area contributed by atoms with Gasteiger partial charge in [-0.25, -0.2) is 10.8 Å². The fraction of sp³-hybridized carbons (Fsp3) is 0.200. The number of fused-ring (bicyclic) bond motifs is 3. The first-order valence-electron chi connectivity index (χ1n) is 5.16. The molecule has 0 saturated carbocycles. The Morgan fingerprint density at radius 1 is 1.59 bits per heavy atom. The normalized spacial score (nSPS) is 13.7. The number of carbonyl (C=O) groups is 1. The Morgan fingerprint density at radius 3 is 3.29 bits per heavy atom. The zero-order valence-corrected chi connectivity index (χ0v) is 9.75. The van der Waals surface area contributed by atoms with Crippen LogP contribution in [0.2, 0.25) is 0 Å². The first-order chi connectivity index (χ1) is 8.31. The van der Waals surface area contributed by atoms with Crippen LogP contribution in [0.5, 0.6) is 0 Å². The number of nitrogens with zero attached hydrogens (tertiary/aromatic N) is 2. The molecule has 0 bridgehead atoms. The number of aromatic nitrogens is 2.